The molecular formula is C28H26N4O3S. The van der Waals surface area contributed by atoms with Gasteiger partial charge in [0.15, 0.2) is 10.9 Å². The lowest BCUT2D eigenvalue weighted by molar-refractivity contribution is -0.121. The lowest BCUT2D eigenvalue weighted by Gasteiger charge is -2.35. The number of nitrogens with zero attached hydrogens (tertiary/aromatic N) is 3. The van der Waals surface area contributed by atoms with Gasteiger partial charge in [-0.2, -0.15) is 0 Å². The maximum Gasteiger partial charge on any atom is 0.290 e. The standard InChI is InChI=1S/C28H26N4O3S/c33-26(23-15-20-9-4-5-10-21(20)17-32(23)27(34)24-11-6-14-35-24)30-28-29-22-12-13-31(18-25(22)36-28)16-19-7-2-1-3-8-19/h1-11,14,23H,12-13,15-18H2,(H,29,30,33)/t23-/m0/s1. The fraction of sp³-hybridized carbons (Fsp3) is 0.250. The van der Waals surface area contributed by atoms with Crippen LogP contribution < -0.4 is 5.32 Å². The monoisotopic (exact) mass is 498 g/mol. The van der Waals surface area contributed by atoms with Gasteiger partial charge in [-0.25, -0.2) is 4.98 Å². The van der Waals surface area contributed by atoms with E-state index in [1.165, 1.54) is 28.0 Å². The number of carbonyl (C=O) groups is 2. The van der Waals surface area contributed by atoms with Gasteiger partial charge in [0.1, 0.15) is 6.04 Å². The molecule has 2 amide bonds. The van der Waals surface area contributed by atoms with E-state index in [9.17, 15) is 9.59 Å². The topological polar surface area (TPSA) is 78.7 Å². The van der Waals surface area contributed by atoms with Crippen LogP contribution in [0.4, 0.5) is 5.13 Å². The molecule has 1 N–H and O–H groups in total. The summed E-state index contributed by atoms with van der Waals surface area (Å²) in [5.74, 6) is -0.281. The molecule has 2 aliphatic rings. The molecule has 0 unspecified atom stereocenters. The molecule has 4 heterocycles. The average molecular weight is 499 g/mol. The summed E-state index contributed by atoms with van der Waals surface area (Å²) in [6, 6.07) is 21.1. The maximum absolute atomic E-state index is 13.5. The molecule has 0 aliphatic carbocycles. The molecule has 2 aromatic carbocycles. The van der Waals surface area contributed by atoms with Gasteiger partial charge in [-0.3, -0.25) is 14.5 Å². The number of benzene rings is 2. The molecule has 6 rings (SSSR count). The summed E-state index contributed by atoms with van der Waals surface area (Å²) >= 11 is 1.53. The van der Waals surface area contributed by atoms with E-state index >= 15 is 0 Å². The van der Waals surface area contributed by atoms with Crippen molar-refractivity contribution in [3.8, 4) is 0 Å². The summed E-state index contributed by atoms with van der Waals surface area (Å²) in [7, 11) is 0. The Bertz CT molecular complexity index is 1380. The third-order valence-electron chi connectivity index (χ3n) is 6.83. The van der Waals surface area contributed by atoms with Crippen molar-refractivity contribution >= 4 is 28.3 Å². The summed E-state index contributed by atoms with van der Waals surface area (Å²) in [6.45, 7) is 3.00. The SMILES string of the molecule is O=C(Nc1nc2c(s1)CN(Cc1ccccc1)CC2)[C@@H]1Cc2ccccc2CN1C(=O)c1ccco1. The van der Waals surface area contributed by atoms with Crippen molar-refractivity contribution in [1.82, 2.24) is 14.8 Å². The number of rotatable bonds is 5. The van der Waals surface area contributed by atoms with Crippen LogP contribution in [0.15, 0.2) is 77.4 Å². The van der Waals surface area contributed by atoms with Crippen LogP contribution in [0.5, 0.6) is 0 Å². The van der Waals surface area contributed by atoms with Crippen molar-refractivity contribution in [2.75, 3.05) is 11.9 Å². The smallest absolute Gasteiger partial charge is 0.290 e. The highest BCUT2D eigenvalue weighted by atomic mass is 32.1. The highest BCUT2D eigenvalue weighted by molar-refractivity contribution is 7.15. The Hall–Kier alpha value is -3.75. The number of anilines is 1. The van der Waals surface area contributed by atoms with E-state index in [1.54, 1.807) is 17.0 Å². The molecule has 0 saturated carbocycles. The lowest BCUT2D eigenvalue weighted by Crippen LogP contribution is -2.50. The largest absolute Gasteiger partial charge is 0.459 e. The Balaban J connectivity index is 1.19. The fourth-order valence-corrected chi connectivity index (χ4v) is 6.03. The summed E-state index contributed by atoms with van der Waals surface area (Å²) < 4.78 is 5.35. The first-order chi connectivity index (χ1) is 17.6. The van der Waals surface area contributed by atoms with Gasteiger partial charge in [-0.15, -0.1) is 11.3 Å². The van der Waals surface area contributed by atoms with Gasteiger partial charge in [-0.05, 0) is 28.8 Å². The zero-order valence-corrected chi connectivity index (χ0v) is 20.5. The number of carbonyl (C=O) groups excluding carboxylic acids is 2. The van der Waals surface area contributed by atoms with Crippen molar-refractivity contribution in [3.63, 3.8) is 0 Å². The third-order valence-corrected chi connectivity index (χ3v) is 7.83. The highest BCUT2D eigenvalue weighted by Crippen LogP contribution is 2.31. The molecule has 1 atom stereocenters. The van der Waals surface area contributed by atoms with E-state index in [2.05, 4.69) is 34.5 Å². The molecule has 8 heteroatoms. The Morgan fingerprint density at radius 2 is 1.81 bits per heavy atom. The predicted molar refractivity (Wildman–Crippen MR) is 138 cm³/mol. The zero-order chi connectivity index (χ0) is 24.5. The van der Waals surface area contributed by atoms with Crippen molar-refractivity contribution in [1.29, 1.82) is 0 Å². The fourth-order valence-electron chi connectivity index (χ4n) is 4.98. The maximum atomic E-state index is 13.5. The zero-order valence-electron chi connectivity index (χ0n) is 19.7. The van der Waals surface area contributed by atoms with E-state index in [4.69, 9.17) is 9.40 Å². The van der Waals surface area contributed by atoms with Crippen LogP contribution in [0.3, 0.4) is 0 Å². The molecule has 7 nitrogen and oxygen atoms in total. The van der Waals surface area contributed by atoms with Crippen molar-refractivity contribution < 1.29 is 14.0 Å². The number of aromatic nitrogens is 1. The Labute approximate surface area is 213 Å². The number of thiazole rings is 1. The van der Waals surface area contributed by atoms with Crippen LogP contribution >= 0.6 is 11.3 Å². The number of amides is 2. The first-order valence-electron chi connectivity index (χ1n) is 12.1. The Kier molecular flexibility index (Phi) is 6.13. The van der Waals surface area contributed by atoms with Gasteiger partial charge in [0.05, 0.1) is 12.0 Å². The molecule has 0 radical (unpaired) electrons. The number of hydrogen-bond acceptors (Lipinski definition) is 6. The van der Waals surface area contributed by atoms with E-state index in [1.807, 2.05) is 30.3 Å². The minimum Gasteiger partial charge on any atom is -0.459 e. The molecule has 182 valence electrons. The van der Waals surface area contributed by atoms with Gasteiger partial charge in [0, 0.05) is 43.9 Å². The normalized spacial score (nSPS) is 17.3. The molecule has 2 aromatic heterocycles. The second-order valence-electron chi connectivity index (χ2n) is 9.22. The van der Waals surface area contributed by atoms with Gasteiger partial charge < -0.3 is 14.6 Å². The second kappa shape index (κ2) is 9.72. The van der Waals surface area contributed by atoms with Crippen molar-refractivity contribution in [2.45, 2.75) is 38.5 Å². The molecule has 0 saturated heterocycles. The summed E-state index contributed by atoms with van der Waals surface area (Å²) in [5, 5.41) is 3.61. The van der Waals surface area contributed by atoms with Gasteiger partial charge >= 0.3 is 0 Å². The number of nitrogens with one attached hydrogen (secondary N) is 1. The Morgan fingerprint density at radius 1 is 1.00 bits per heavy atom. The third kappa shape index (κ3) is 4.57. The van der Waals surface area contributed by atoms with Crippen LogP contribution in [0.25, 0.3) is 0 Å². The predicted octanol–water partition coefficient (Wildman–Crippen LogP) is 4.50. The van der Waals surface area contributed by atoms with E-state index in [0.29, 0.717) is 18.1 Å². The number of fused-ring (bicyclic) bond motifs is 2. The van der Waals surface area contributed by atoms with Crippen LogP contribution in [-0.2, 0) is 37.3 Å². The van der Waals surface area contributed by atoms with E-state index < -0.39 is 6.04 Å². The average Bonchev–Trinajstić information content (AvgIpc) is 3.58. The summed E-state index contributed by atoms with van der Waals surface area (Å²) in [6.07, 6.45) is 2.78. The van der Waals surface area contributed by atoms with Crippen LogP contribution in [-0.4, -0.2) is 39.2 Å². The highest BCUT2D eigenvalue weighted by Gasteiger charge is 2.36. The molecule has 36 heavy (non-hydrogen) atoms. The number of furan rings is 1. The van der Waals surface area contributed by atoms with Gasteiger partial charge in [-0.1, -0.05) is 54.6 Å². The quantitative estimate of drug-likeness (QED) is 0.438. The second-order valence-corrected chi connectivity index (χ2v) is 10.3. The molecule has 2 aliphatic heterocycles. The van der Waals surface area contributed by atoms with Crippen LogP contribution in [0.2, 0.25) is 0 Å². The van der Waals surface area contributed by atoms with Crippen LogP contribution in [0, 0.1) is 0 Å². The Morgan fingerprint density at radius 3 is 2.61 bits per heavy atom. The van der Waals surface area contributed by atoms with Crippen molar-refractivity contribution in [2.24, 2.45) is 0 Å². The van der Waals surface area contributed by atoms with Gasteiger partial charge in [0.25, 0.3) is 5.91 Å². The first-order valence-corrected chi connectivity index (χ1v) is 12.9. The molecule has 0 fully saturated rings. The summed E-state index contributed by atoms with van der Waals surface area (Å²) in [4.78, 5) is 36.6. The minimum absolute atomic E-state index is 0.225. The molecular weight excluding hydrogens is 472 g/mol. The molecule has 4 aromatic rings. The van der Waals surface area contributed by atoms with Gasteiger partial charge in [0.2, 0.25) is 5.91 Å². The molecule has 0 bridgehead atoms. The van der Waals surface area contributed by atoms with Crippen LogP contribution in [0.1, 0.15) is 37.8 Å². The van der Waals surface area contributed by atoms with E-state index in [0.717, 1.165) is 42.9 Å². The minimum atomic E-state index is -0.645. The van der Waals surface area contributed by atoms with E-state index in [-0.39, 0.29) is 17.6 Å². The van der Waals surface area contributed by atoms with Crippen molar-refractivity contribution in [3.05, 3.63) is 106 Å². The lowest BCUT2D eigenvalue weighted by atomic mass is 9.93. The summed E-state index contributed by atoms with van der Waals surface area (Å²) in [5.41, 5.74) is 4.47. The first kappa shape index (κ1) is 22.7. The number of hydrogen-bond donors (Lipinski definition) is 1. The molecule has 0 spiro atoms.